The van der Waals surface area contributed by atoms with Gasteiger partial charge in [0.2, 0.25) is 0 Å². The summed E-state index contributed by atoms with van der Waals surface area (Å²) in [5.74, 6) is 0. The second-order valence-electron chi connectivity index (χ2n) is 15.3. The third-order valence-electron chi connectivity index (χ3n) is 12.0. The first kappa shape index (κ1) is 33.3. The van der Waals surface area contributed by atoms with Gasteiger partial charge in [0, 0.05) is 49.6 Å². The van der Waals surface area contributed by atoms with Crippen molar-refractivity contribution in [2.45, 2.75) is 0 Å². The summed E-state index contributed by atoms with van der Waals surface area (Å²) < 4.78 is 8.90. The van der Waals surface area contributed by atoms with Crippen LogP contribution in [0.5, 0.6) is 0 Å². The van der Waals surface area contributed by atoms with Crippen LogP contribution in [-0.4, -0.2) is 4.57 Å². The summed E-state index contributed by atoms with van der Waals surface area (Å²) in [6.07, 6.45) is 0. The Morgan fingerprint density at radius 3 is 1.71 bits per heavy atom. The fourth-order valence-electron chi connectivity index (χ4n) is 9.13. The monoisotopic (exact) mass is 752 g/mol. The van der Waals surface area contributed by atoms with Crippen molar-refractivity contribution in [1.29, 1.82) is 0 Å². The van der Waals surface area contributed by atoms with E-state index in [1.165, 1.54) is 43.7 Å². The van der Waals surface area contributed by atoms with Crippen LogP contribution in [-0.2, 0) is 0 Å². The van der Waals surface area contributed by atoms with Crippen LogP contribution in [0.3, 0.4) is 0 Å². The molecule has 0 bridgehead atoms. The maximum absolute atomic E-state index is 6.53. The Bertz CT molecular complexity index is 3500. The molecule has 0 radical (unpaired) electrons. The van der Waals surface area contributed by atoms with Crippen LogP contribution < -0.4 is 4.90 Å². The Morgan fingerprint density at radius 1 is 0.356 bits per heavy atom. The van der Waals surface area contributed by atoms with Crippen molar-refractivity contribution in [3.63, 3.8) is 0 Å². The number of fused-ring (bicyclic) bond motifs is 9. The summed E-state index contributed by atoms with van der Waals surface area (Å²) in [7, 11) is 0. The highest BCUT2D eigenvalue weighted by Gasteiger charge is 2.20. The molecule has 0 amide bonds. The van der Waals surface area contributed by atoms with Crippen molar-refractivity contribution in [3.05, 3.63) is 218 Å². The lowest BCUT2D eigenvalue weighted by Gasteiger charge is -2.28. The van der Waals surface area contributed by atoms with Gasteiger partial charge in [0.05, 0.1) is 16.7 Å². The molecule has 0 fully saturated rings. The fourth-order valence-corrected chi connectivity index (χ4v) is 9.13. The van der Waals surface area contributed by atoms with Crippen LogP contribution in [0.25, 0.3) is 93.2 Å². The van der Waals surface area contributed by atoms with E-state index in [0.717, 1.165) is 66.6 Å². The second kappa shape index (κ2) is 13.4. The fraction of sp³-hybridized carbons (Fsp3) is 0. The molecule has 2 heterocycles. The van der Waals surface area contributed by atoms with Gasteiger partial charge in [-0.15, -0.1) is 0 Å². The normalized spacial score (nSPS) is 11.7. The standard InChI is InChI=1S/C56H36N2O/c1-2-12-40-35-41(23-21-37(40)11-1)38-25-28-43(29-26-38)57(44-30-32-45(33-31-44)58-53-18-8-4-14-47(53)48-15-5-9-19-54(48)58)52-17-7-3-13-46(52)42-24-22-39-27-34-50-49-16-6-10-20-55(49)59-56(50)51(39)36-42/h1-36H. The summed E-state index contributed by atoms with van der Waals surface area (Å²) in [6, 6.07) is 78.8. The van der Waals surface area contributed by atoms with Crippen LogP contribution in [0.4, 0.5) is 17.1 Å². The third kappa shape index (κ3) is 5.44. The van der Waals surface area contributed by atoms with Crippen molar-refractivity contribution in [2.24, 2.45) is 0 Å². The molecule has 3 heteroatoms. The van der Waals surface area contributed by atoms with Gasteiger partial charge in [0.1, 0.15) is 11.2 Å². The molecule has 0 N–H and O–H groups in total. The number of anilines is 3. The quantitative estimate of drug-likeness (QED) is 0.169. The Kier molecular flexibility index (Phi) is 7.54. The lowest BCUT2D eigenvalue weighted by Crippen LogP contribution is -2.11. The molecule has 0 aliphatic carbocycles. The number of aromatic nitrogens is 1. The first-order valence-electron chi connectivity index (χ1n) is 20.2. The van der Waals surface area contributed by atoms with Crippen molar-refractivity contribution >= 4 is 82.4 Å². The molecule has 276 valence electrons. The number of furan rings is 1. The lowest BCUT2D eigenvalue weighted by atomic mass is 9.97. The number of hydrogen-bond donors (Lipinski definition) is 0. The molecule has 0 aliphatic heterocycles. The van der Waals surface area contributed by atoms with Gasteiger partial charge < -0.3 is 13.9 Å². The molecule has 59 heavy (non-hydrogen) atoms. The minimum absolute atomic E-state index is 0.906. The number of rotatable bonds is 6. The highest BCUT2D eigenvalue weighted by molar-refractivity contribution is 6.16. The van der Waals surface area contributed by atoms with Gasteiger partial charge in [0.25, 0.3) is 0 Å². The zero-order valence-corrected chi connectivity index (χ0v) is 32.1. The molecule has 0 unspecified atom stereocenters. The first-order chi connectivity index (χ1) is 29.2. The van der Waals surface area contributed by atoms with Crippen LogP contribution in [0.1, 0.15) is 0 Å². The van der Waals surface area contributed by atoms with Crippen LogP contribution in [0, 0.1) is 0 Å². The molecule has 10 aromatic carbocycles. The van der Waals surface area contributed by atoms with E-state index in [1.54, 1.807) is 0 Å². The van der Waals surface area contributed by atoms with Gasteiger partial charge >= 0.3 is 0 Å². The Balaban J connectivity index is 1.02. The van der Waals surface area contributed by atoms with E-state index < -0.39 is 0 Å². The van der Waals surface area contributed by atoms with Crippen molar-refractivity contribution in [1.82, 2.24) is 4.57 Å². The molecule has 3 nitrogen and oxygen atoms in total. The zero-order valence-electron chi connectivity index (χ0n) is 32.1. The maximum atomic E-state index is 6.53. The van der Waals surface area contributed by atoms with E-state index in [9.17, 15) is 0 Å². The number of benzene rings is 10. The van der Waals surface area contributed by atoms with Crippen molar-refractivity contribution in [3.8, 4) is 27.9 Å². The first-order valence-corrected chi connectivity index (χ1v) is 20.2. The summed E-state index contributed by atoms with van der Waals surface area (Å²) >= 11 is 0. The topological polar surface area (TPSA) is 21.3 Å². The summed E-state index contributed by atoms with van der Waals surface area (Å²) in [5.41, 5.74) is 13.2. The molecular weight excluding hydrogens is 717 g/mol. The number of hydrogen-bond acceptors (Lipinski definition) is 2. The van der Waals surface area contributed by atoms with E-state index in [-0.39, 0.29) is 0 Å². The van der Waals surface area contributed by atoms with Crippen LogP contribution in [0.2, 0.25) is 0 Å². The number of nitrogens with zero attached hydrogens (tertiary/aromatic N) is 2. The predicted molar refractivity (Wildman–Crippen MR) is 249 cm³/mol. The summed E-state index contributed by atoms with van der Waals surface area (Å²) in [6.45, 7) is 0. The molecule has 0 saturated carbocycles. The average Bonchev–Trinajstić information content (AvgIpc) is 3.86. The third-order valence-corrected chi connectivity index (χ3v) is 12.0. The SMILES string of the molecule is c1ccc(N(c2ccc(-c3ccc4ccccc4c3)cc2)c2ccc(-n3c4ccccc4c4ccccc43)cc2)c(-c2ccc3ccc4c5ccccc5oc4c3c2)c1. The van der Waals surface area contributed by atoms with E-state index in [4.69, 9.17) is 4.42 Å². The zero-order chi connectivity index (χ0) is 38.9. The lowest BCUT2D eigenvalue weighted by molar-refractivity contribution is 0.672. The van der Waals surface area contributed by atoms with Crippen LogP contribution >= 0.6 is 0 Å². The Labute approximate surface area is 341 Å². The summed E-state index contributed by atoms with van der Waals surface area (Å²) in [4.78, 5) is 2.39. The molecular formula is C56H36N2O. The highest BCUT2D eigenvalue weighted by atomic mass is 16.3. The largest absolute Gasteiger partial charge is 0.455 e. The Morgan fingerprint density at radius 2 is 0.932 bits per heavy atom. The van der Waals surface area contributed by atoms with Gasteiger partial charge in [-0.3, -0.25) is 0 Å². The second-order valence-corrected chi connectivity index (χ2v) is 15.3. The van der Waals surface area contributed by atoms with Gasteiger partial charge in [-0.05, 0) is 112 Å². The highest BCUT2D eigenvalue weighted by Crippen LogP contribution is 2.44. The van der Waals surface area contributed by atoms with Crippen molar-refractivity contribution < 1.29 is 4.42 Å². The van der Waals surface area contributed by atoms with Gasteiger partial charge in [-0.25, -0.2) is 0 Å². The number of para-hydroxylation sites is 4. The molecule has 0 spiro atoms. The maximum Gasteiger partial charge on any atom is 0.143 e. The minimum Gasteiger partial charge on any atom is -0.455 e. The van der Waals surface area contributed by atoms with Gasteiger partial charge in [-0.2, -0.15) is 0 Å². The van der Waals surface area contributed by atoms with Crippen LogP contribution in [0.15, 0.2) is 223 Å². The molecule has 12 aromatic rings. The van der Waals surface area contributed by atoms with Gasteiger partial charge in [-0.1, -0.05) is 140 Å². The smallest absolute Gasteiger partial charge is 0.143 e. The van der Waals surface area contributed by atoms with Gasteiger partial charge in [0.15, 0.2) is 0 Å². The van der Waals surface area contributed by atoms with E-state index in [1.807, 2.05) is 6.07 Å². The average molecular weight is 753 g/mol. The van der Waals surface area contributed by atoms with E-state index >= 15 is 0 Å². The molecule has 0 aliphatic rings. The molecule has 0 saturated heterocycles. The van der Waals surface area contributed by atoms with E-state index in [2.05, 4.69) is 222 Å². The molecule has 12 rings (SSSR count). The molecule has 2 aromatic heterocycles. The minimum atomic E-state index is 0.906. The molecule has 0 atom stereocenters. The van der Waals surface area contributed by atoms with E-state index in [0.29, 0.717) is 0 Å². The van der Waals surface area contributed by atoms with Crippen molar-refractivity contribution in [2.75, 3.05) is 4.90 Å². The Hall–Kier alpha value is -7.88. The summed E-state index contributed by atoms with van der Waals surface area (Å²) in [5, 5.41) is 9.52. The predicted octanol–water partition coefficient (Wildman–Crippen LogP) is 15.8.